The van der Waals surface area contributed by atoms with Crippen LogP contribution in [0, 0.1) is 0 Å². The molecule has 35 heavy (non-hydrogen) atoms. The molecule has 9 heteroatoms. The molecule has 0 bridgehead atoms. The zero-order chi connectivity index (χ0) is 25.8. The largest absolute Gasteiger partial charge is 0.497 e. The van der Waals surface area contributed by atoms with E-state index in [1.165, 1.54) is 11.4 Å². The van der Waals surface area contributed by atoms with Crippen LogP contribution in [0.25, 0.3) is 0 Å². The third-order valence-corrected chi connectivity index (χ3v) is 6.82. The number of nitrogens with one attached hydrogen (secondary N) is 1. The lowest BCUT2D eigenvalue weighted by Gasteiger charge is -2.31. The predicted molar refractivity (Wildman–Crippen MR) is 139 cm³/mol. The van der Waals surface area contributed by atoms with Crippen molar-refractivity contribution in [3.8, 4) is 5.75 Å². The molecule has 2 aromatic carbocycles. The first-order valence-corrected chi connectivity index (χ1v) is 13.8. The van der Waals surface area contributed by atoms with Crippen molar-refractivity contribution in [3.63, 3.8) is 0 Å². The Morgan fingerprint density at radius 1 is 1.06 bits per heavy atom. The van der Waals surface area contributed by atoms with E-state index in [9.17, 15) is 18.0 Å². The van der Waals surface area contributed by atoms with E-state index in [1.54, 1.807) is 29.2 Å². The van der Waals surface area contributed by atoms with E-state index < -0.39 is 16.1 Å². The van der Waals surface area contributed by atoms with Gasteiger partial charge in [0, 0.05) is 32.1 Å². The van der Waals surface area contributed by atoms with Crippen molar-refractivity contribution in [3.05, 3.63) is 60.2 Å². The average Bonchev–Trinajstić information content (AvgIpc) is 2.84. The second-order valence-electron chi connectivity index (χ2n) is 8.36. The first-order chi connectivity index (χ1) is 16.7. The molecule has 0 saturated carbocycles. The van der Waals surface area contributed by atoms with Crippen molar-refractivity contribution < 1.29 is 22.7 Å². The lowest BCUT2D eigenvalue weighted by Crippen LogP contribution is -2.49. The van der Waals surface area contributed by atoms with Gasteiger partial charge in [-0.1, -0.05) is 50.2 Å². The molecule has 0 saturated heterocycles. The van der Waals surface area contributed by atoms with E-state index in [0.29, 0.717) is 37.4 Å². The van der Waals surface area contributed by atoms with Crippen molar-refractivity contribution in [1.82, 2.24) is 10.2 Å². The Hall–Kier alpha value is -3.07. The standard InChI is InChI=1S/C26H37N3O5S/c1-5-17-27-26(31)24(6-2)28(20-21-12-8-7-9-13-21)25(30)16-11-18-29(35(4,32)33)22-14-10-15-23(19-22)34-3/h7-10,12-15,19,24H,5-6,11,16-18,20H2,1-4H3,(H,27,31)/t24-/m1/s1. The van der Waals surface area contributed by atoms with Crippen LogP contribution in [0.1, 0.15) is 45.1 Å². The van der Waals surface area contributed by atoms with Gasteiger partial charge in [0.05, 0.1) is 19.1 Å². The zero-order valence-electron chi connectivity index (χ0n) is 21.1. The number of carbonyl (C=O) groups excluding carboxylic acids is 2. The van der Waals surface area contributed by atoms with E-state index in [0.717, 1.165) is 18.2 Å². The van der Waals surface area contributed by atoms with Crippen molar-refractivity contribution in [2.75, 3.05) is 30.8 Å². The van der Waals surface area contributed by atoms with Gasteiger partial charge in [-0.15, -0.1) is 0 Å². The molecule has 2 amide bonds. The summed E-state index contributed by atoms with van der Waals surface area (Å²) >= 11 is 0. The molecule has 0 unspecified atom stereocenters. The molecule has 0 aromatic heterocycles. The fourth-order valence-corrected chi connectivity index (χ4v) is 4.79. The lowest BCUT2D eigenvalue weighted by atomic mass is 10.1. The summed E-state index contributed by atoms with van der Waals surface area (Å²) in [5.74, 6) is 0.185. The van der Waals surface area contributed by atoms with Crippen molar-refractivity contribution in [2.24, 2.45) is 0 Å². The van der Waals surface area contributed by atoms with Crippen LogP contribution >= 0.6 is 0 Å². The molecular weight excluding hydrogens is 466 g/mol. The Kier molecular flexibility index (Phi) is 11.0. The van der Waals surface area contributed by atoms with Crippen LogP contribution in [0.4, 0.5) is 5.69 Å². The van der Waals surface area contributed by atoms with Gasteiger partial charge in [0.15, 0.2) is 0 Å². The summed E-state index contributed by atoms with van der Waals surface area (Å²) in [7, 11) is -2.05. The van der Waals surface area contributed by atoms with Crippen LogP contribution in [0.5, 0.6) is 5.75 Å². The first-order valence-electron chi connectivity index (χ1n) is 11.9. The van der Waals surface area contributed by atoms with Gasteiger partial charge < -0.3 is 15.0 Å². The first kappa shape index (κ1) is 28.2. The van der Waals surface area contributed by atoms with Crippen molar-refractivity contribution in [2.45, 2.75) is 52.1 Å². The quantitative estimate of drug-likeness (QED) is 0.425. The molecule has 0 spiro atoms. The van der Waals surface area contributed by atoms with Crippen LogP contribution in [-0.2, 0) is 26.2 Å². The Morgan fingerprint density at radius 2 is 1.77 bits per heavy atom. The average molecular weight is 504 g/mol. The molecule has 2 aromatic rings. The Balaban J connectivity index is 2.18. The summed E-state index contributed by atoms with van der Waals surface area (Å²) in [5, 5.41) is 2.90. The fraction of sp³-hybridized carbons (Fsp3) is 0.462. The van der Waals surface area contributed by atoms with Gasteiger partial charge >= 0.3 is 0 Å². The molecule has 0 radical (unpaired) electrons. The van der Waals surface area contributed by atoms with Gasteiger partial charge in [0.25, 0.3) is 0 Å². The molecule has 0 fully saturated rings. The maximum absolute atomic E-state index is 13.4. The Morgan fingerprint density at radius 3 is 2.37 bits per heavy atom. The van der Waals surface area contributed by atoms with Crippen LogP contribution in [0.15, 0.2) is 54.6 Å². The van der Waals surface area contributed by atoms with Gasteiger partial charge in [0.2, 0.25) is 21.8 Å². The maximum Gasteiger partial charge on any atom is 0.242 e. The summed E-state index contributed by atoms with van der Waals surface area (Å²) in [5.41, 5.74) is 1.41. The van der Waals surface area contributed by atoms with Gasteiger partial charge in [-0.2, -0.15) is 0 Å². The van der Waals surface area contributed by atoms with Crippen LogP contribution in [-0.4, -0.2) is 57.6 Å². The van der Waals surface area contributed by atoms with E-state index in [4.69, 9.17) is 4.74 Å². The number of nitrogens with zero attached hydrogens (tertiary/aromatic N) is 2. The number of sulfonamides is 1. The minimum atomic E-state index is -3.57. The highest BCUT2D eigenvalue weighted by Crippen LogP contribution is 2.24. The van der Waals surface area contributed by atoms with E-state index in [-0.39, 0.29) is 24.8 Å². The van der Waals surface area contributed by atoms with Gasteiger partial charge in [-0.25, -0.2) is 8.42 Å². The topological polar surface area (TPSA) is 96.0 Å². The lowest BCUT2D eigenvalue weighted by molar-refractivity contribution is -0.141. The smallest absolute Gasteiger partial charge is 0.242 e. The van der Waals surface area contributed by atoms with Crippen molar-refractivity contribution >= 4 is 27.5 Å². The van der Waals surface area contributed by atoms with Crippen LogP contribution < -0.4 is 14.4 Å². The Labute approximate surface area is 209 Å². The fourth-order valence-electron chi connectivity index (χ4n) is 3.84. The number of carbonyl (C=O) groups is 2. The number of amides is 2. The normalized spacial score (nSPS) is 12.0. The summed E-state index contributed by atoms with van der Waals surface area (Å²) in [6.45, 7) is 4.85. The zero-order valence-corrected chi connectivity index (χ0v) is 21.9. The number of ether oxygens (including phenoxy) is 1. The highest BCUT2D eigenvalue weighted by Gasteiger charge is 2.28. The second kappa shape index (κ2) is 13.7. The Bertz CT molecular complexity index is 1060. The van der Waals surface area contributed by atoms with E-state index in [2.05, 4.69) is 5.32 Å². The minimum Gasteiger partial charge on any atom is -0.497 e. The predicted octanol–water partition coefficient (Wildman–Crippen LogP) is 3.58. The molecule has 0 aliphatic heterocycles. The maximum atomic E-state index is 13.4. The molecule has 0 aliphatic rings. The second-order valence-corrected chi connectivity index (χ2v) is 10.3. The summed E-state index contributed by atoms with van der Waals surface area (Å²) in [6.07, 6.45) is 2.84. The molecule has 0 aliphatic carbocycles. The van der Waals surface area contributed by atoms with Crippen molar-refractivity contribution in [1.29, 1.82) is 0 Å². The minimum absolute atomic E-state index is 0.111. The number of benzene rings is 2. The molecule has 1 N–H and O–H groups in total. The summed E-state index contributed by atoms with van der Waals surface area (Å²) in [4.78, 5) is 27.8. The summed E-state index contributed by atoms with van der Waals surface area (Å²) < 4.78 is 31.4. The molecule has 192 valence electrons. The highest BCUT2D eigenvalue weighted by atomic mass is 32.2. The number of anilines is 1. The molecule has 1 atom stereocenters. The van der Waals surface area contributed by atoms with Crippen LogP contribution in [0.3, 0.4) is 0 Å². The third-order valence-electron chi connectivity index (χ3n) is 5.62. The molecule has 8 nitrogen and oxygen atoms in total. The van der Waals surface area contributed by atoms with Crippen LogP contribution in [0.2, 0.25) is 0 Å². The summed E-state index contributed by atoms with van der Waals surface area (Å²) in [6, 6.07) is 15.7. The molecule has 0 heterocycles. The monoisotopic (exact) mass is 503 g/mol. The molecular formula is C26H37N3O5S. The number of rotatable bonds is 14. The van der Waals surface area contributed by atoms with Gasteiger partial charge in [-0.05, 0) is 37.0 Å². The van der Waals surface area contributed by atoms with Gasteiger partial charge in [-0.3, -0.25) is 13.9 Å². The third kappa shape index (κ3) is 8.58. The number of hydrogen-bond acceptors (Lipinski definition) is 5. The van der Waals surface area contributed by atoms with E-state index in [1.807, 2.05) is 44.2 Å². The SMILES string of the molecule is CCCNC(=O)[C@@H](CC)N(Cc1ccccc1)C(=O)CCCN(c1cccc(OC)c1)S(C)(=O)=O. The molecule has 2 rings (SSSR count). The highest BCUT2D eigenvalue weighted by molar-refractivity contribution is 7.92. The number of hydrogen-bond donors (Lipinski definition) is 1. The van der Waals surface area contributed by atoms with E-state index >= 15 is 0 Å². The van der Waals surface area contributed by atoms with Gasteiger partial charge in [0.1, 0.15) is 11.8 Å². The number of methoxy groups -OCH3 is 1.